The van der Waals surface area contributed by atoms with Crippen LogP contribution in [0, 0.1) is 6.92 Å². The molecule has 1 unspecified atom stereocenters. The first-order valence-corrected chi connectivity index (χ1v) is 7.99. The summed E-state index contributed by atoms with van der Waals surface area (Å²) >= 11 is 3.55. The summed E-state index contributed by atoms with van der Waals surface area (Å²) in [5, 5.41) is 10.8. The molecule has 0 amide bonds. The van der Waals surface area contributed by atoms with Gasteiger partial charge in [-0.15, -0.1) is 0 Å². The van der Waals surface area contributed by atoms with Gasteiger partial charge >= 0.3 is 0 Å². The van der Waals surface area contributed by atoms with Crippen molar-refractivity contribution < 1.29 is 5.11 Å². The highest BCUT2D eigenvalue weighted by molar-refractivity contribution is 9.10. The van der Waals surface area contributed by atoms with Crippen LogP contribution in [0.5, 0.6) is 0 Å². The molecule has 0 spiro atoms. The lowest BCUT2D eigenvalue weighted by atomic mass is 9.77. The predicted octanol–water partition coefficient (Wildman–Crippen LogP) is 5.11. The van der Waals surface area contributed by atoms with Crippen LogP contribution >= 0.6 is 15.9 Å². The normalized spacial score (nSPS) is 16.8. The number of halogens is 1. The summed E-state index contributed by atoms with van der Waals surface area (Å²) in [7, 11) is 0. The molecule has 2 heteroatoms. The van der Waals surface area contributed by atoms with Gasteiger partial charge in [0.25, 0.3) is 0 Å². The molecule has 1 N–H and O–H groups in total. The standard InChI is InChI=1S/C18H19BrO/c1-12-14(10-5-11-17(12)19)18(20)16-9-3-2-8-15(16)13-6-4-7-13/h2-3,5,8-11,13,18,20H,4,6-7H2,1H3. The summed E-state index contributed by atoms with van der Waals surface area (Å²) in [4.78, 5) is 0. The molecular formula is C18H19BrO. The molecule has 0 radical (unpaired) electrons. The van der Waals surface area contributed by atoms with Gasteiger partial charge in [0, 0.05) is 4.47 Å². The van der Waals surface area contributed by atoms with Crippen LogP contribution in [0.3, 0.4) is 0 Å². The highest BCUT2D eigenvalue weighted by Gasteiger charge is 2.25. The fourth-order valence-corrected chi connectivity index (χ4v) is 3.32. The van der Waals surface area contributed by atoms with Gasteiger partial charge in [0.1, 0.15) is 6.10 Å². The SMILES string of the molecule is Cc1c(Br)cccc1C(O)c1ccccc1C1CCC1. The van der Waals surface area contributed by atoms with Crippen LogP contribution < -0.4 is 0 Å². The van der Waals surface area contributed by atoms with Crippen molar-refractivity contribution in [3.8, 4) is 0 Å². The molecule has 1 atom stereocenters. The summed E-state index contributed by atoms with van der Waals surface area (Å²) in [5.74, 6) is 0.633. The van der Waals surface area contributed by atoms with E-state index in [1.54, 1.807) is 0 Å². The van der Waals surface area contributed by atoms with Gasteiger partial charge < -0.3 is 5.11 Å². The fourth-order valence-electron chi connectivity index (χ4n) is 2.94. The second-order valence-electron chi connectivity index (χ2n) is 5.61. The number of aliphatic hydroxyl groups excluding tert-OH is 1. The van der Waals surface area contributed by atoms with Gasteiger partial charge in [-0.3, -0.25) is 0 Å². The van der Waals surface area contributed by atoms with E-state index < -0.39 is 6.10 Å². The quantitative estimate of drug-likeness (QED) is 0.829. The molecule has 1 aliphatic rings. The summed E-state index contributed by atoms with van der Waals surface area (Å²) < 4.78 is 1.05. The number of hydrogen-bond acceptors (Lipinski definition) is 1. The molecule has 20 heavy (non-hydrogen) atoms. The highest BCUT2D eigenvalue weighted by Crippen LogP contribution is 2.41. The molecule has 104 valence electrons. The Kier molecular flexibility index (Phi) is 3.95. The maximum Gasteiger partial charge on any atom is 0.105 e. The third kappa shape index (κ3) is 2.43. The maximum absolute atomic E-state index is 10.8. The van der Waals surface area contributed by atoms with Crippen molar-refractivity contribution in [1.29, 1.82) is 0 Å². The van der Waals surface area contributed by atoms with Crippen molar-refractivity contribution in [2.75, 3.05) is 0 Å². The van der Waals surface area contributed by atoms with E-state index in [1.165, 1.54) is 24.8 Å². The van der Waals surface area contributed by atoms with Crippen molar-refractivity contribution in [3.63, 3.8) is 0 Å². The van der Waals surface area contributed by atoms with Crippen LogP contribution in [0.2, 0.25) is 0 Å². The lowest BCUT2D eigenvalue weighted by Gasteiger charge is -2.29. The predicted molar refractivity (Wildman–Crippen MR) is 86.0 cm³/mol. The van der Waals surface area contributed by atoms with Crippen LogP contribution in [-0.4, -0.2) is 5.11 Å². The lowest BCUT2D eigenvalue weighted by molar-refractivity contribution is 0.216. The van der Waals surface area contributed by atoms with Crippen molar-refractivity contribution in [1.82, 2.24) is 0 Å². The third-order valence-corrected chi connectivity index (χ3v) is 5.30. The van der Waals surface area contributed by atoms with Gasteiger partial charge in [0.2, 0.25) is 0 Å². The monoisotopic (exact) mass is 330 g/mol. The van der Waals surface area contributed by atoms with Crippen molar-refractivity contribution in [2.45, 2.75) is 38.2 Å². The summed E-state index contributed by atoms with van der Waals surface area (Å²) in [6.45, 7) is 2.05. The molecule has 0 aromatic heterocycles. The van der Waals surface area contributed by atoms with Gasteiger partial charge in [0.05, 0.1) is 0 Å². The minimum atomic E-state index is -0.538. The topological polar surface area (TPSA) is 20.2 Å². The minimum absolute atomic E-state index is 0.538. The fraction of sp³-hybridized carbons (Fsp3) is 0.333. The van der Waals surface area contributed by atoms with Gasteiger partial charge in [-0.1, -0.05) is 58.7 Å². The first kappa shape index (κ1) is 13.8. The Bertz CT molecular complexity index is 617. The molecule has 1 fully saturated rings. The molecule has 1 nitrogen and oxygen atoms in total. The molecule has 3 rings (SSSR count). The summed E-state index contributed by atoms with van der Waals surface area (Å²) in [6, 6.07) is 14.4. The van der Waals surface area contributed by atoms with E-state index in [0.717, 1.165) is 21.2 Å². The number of rotatable bonds is 3. The van der Waals surface area contributed by atoms with Crippen LogP contribution in [0.4, 0.5) is 0 Å². The Balaban J connectivity index is 2.02. The number of benzene rings is 2. The summed E-state index contributed by atoms with van der Waals surface area (Å²) in [6.07, 6.45) is 3.28. The van der Waals surface area contributed by atoms with Crippen LogP contribution in [0.1, 0.15) is 53.5 Å². The molecule has 0 aliphatic heterocycles. The van der Waals surface area contributed by atoms with E-state index in [-0.39, 0.29) is 0 Å². The zero-order chi connectivity index (χ0) is 14.1. The second-order valence-corrected chi connectivity index (χ2v) is 6.47. The zero-order valence-corrected chi connectivity index (χ0v) is 13.2. The summed E-state index contributed by atoms with van der Waals surface area (Å²) in [5.41, 5.74) is 4.50. The average molecular weight is 331 g/mol. The van der Waals surface area contributed by atoms with E-state index in [1.807, 2.05) is 24.3 Å². The Morgan fingerprint density at radius 1 is 1.05 bits per heavy atom. The Hall–Kier alpha value is -1.12. The van der Waals surface area contributed by atoms with Gasteiger partial charge in [-0.2, -0.15) is 0 Å². The maximum atomic E-state index is 10.8. The van der Waals surface area contributed by atoms with Crippen molar-refractivity contribution in [3.05, 3.63) is 69.2 Å². The van der Waals surface area contributed by atoms with Crippen molar-refractivity contribution >= 4 is 15.9 Å². The Labute approximate surface area is 128 Å². The van der Waals surface area contributed by atoms with E-state index in [0.29, 0.717) is 5.92 Å². The molecule has 0 bridgehead atoms. The van der Waals surface area contributed by atoms with Crippen LogP contribution in [0.25, 0.3) is 0 Å². The molecule has 1 aliphatic carbocycles. The molecule has 2 aromatic carbocycles. The van der Waals surface area contributed by atoms with E-state index in [2.05, 4.69) is 41.1 Å². The molecule has 1 saturated carbocycles. The molecule has 0 saturated heterocycles. The molecule has 2 aromatic rings. The number of hydrogen-bond donors (Lipinski definition) is 1. The third-order valence-electron chi connectivity index (χ3n) is 4.44. The number of aliphatic hydroxyl groups is 1. The van der Waals surface area contributed by atoms with Crippen LogP contribution in [0.15, 0.2) is 46.9 Å². The second kappa shape index (κ2) is 5.71. The first-order chi connectivity index (χ1) is 9.68. The average Bonchev–Trinajstić information content (AvgIpc) is 2.40. The van der Waals surface area contributed by atoms with Crippen molar-refractivity contribution in [2.24, 2.45) is 0 Å². The van der Waals surface area contributed by atoms with Gasteiger partial charge in [-0.25, -0.2) is 0 Å². The van der Waals surface area contributed by atoms with E-state index in [4.69, 9.17) is 0 Å². The molecule has 0 heterocycles. The van der Waals surface area contributed by atoms with Gasteiger partial charge in [-0.05, 0) is 54.0 Å². The Morgan fingerprint density at radius 2 is 1.75 bits per heavy atom. The van der Waals surface area contributed by atoms with E-state index in [9.17, 15) is 5.11 Å². The highest BCUT2D eigenvalue weighted by atomic mass is 79.9. The first-order valence-electron chi connectivity index (χ1n) is 7.20. The van der Waals surface area contributed by atoms with Crippen LogP contribution in [-0.2, 0) is 0 Å². The minimum Gasteiger partial charge on any atom is -0.384 e. The zero-order valence-electron chi connectivity index (χ0n) is 11.6. The Morgan fingerprint density at radius 3 is 2.45 bits per heavy atom. The van der Waals surface area contributed by atoms with E-state index >= 15 is 0 Å². The molecular weight excluding hydrogens is 312 g/mol. The van der Waals surface area contributed by atoms with Gasteiger partial charge in [0.15, 0.2) is 0 Å². The lowest BCUT2D eigenvalue weighted by Crippen LogP contribution is -2.14. The smallest absolute Gasteiger partial charge is 0.105 e. The largest absolute Gasteiger partial charge is 0.384 e.